The van der Waals surface area contributed by atoms with Gasteiger partial charge in [0.25, 0.3) is 0 Å². The minimum atomic E-state index is 0.323. The van der Waals surface area contributed by atoms with Crippen molar-refractivity contribution in [1.29, 1.82) is 0 Å². The smallest absolute Gasteiger partial charge is 0.160 e. The van der Waals surface area contributed by atoms with Crippen molar-refractivity contribution in [3.05, 3.63) is 28.6 Å². The van der Waals surface area contributed by atoms with E-state index in [9.17, 15) is 0 Å². The maximum atomic E-state index is 4.30. The van der Waals surface area contributed by atoms with Gasteiger partial charge in [0, 0.05) is 10.7 Å². The molecule has 1 fully saturated rings. The van der Waals surface area contributed by atoms with Gasteiger partial charge in [0.15, 0.2) is 11.5 Å². The lowest BCUT2D eigenvalue weighted by molar-refractivity contribution is 0.475. The maximum Gasteiger partial charge on any atom is 0.160 e. The third-order valence-electron chi connectivity index (χ3n) is 3.20. The normalized spacial score (nSPS) is 25.4. The Morgan fingerprint density at radius 2 is 2.31 bits per heavy atom. The van der Waals surface area contributed by atoms with Crippen LogP contribution in [0.2, 0.25) is 0 Å². The third-order valence-corrected chi connectivity index (χ3v) is 3.67. The Morgan fingerprint density at radius 3 is 3.06 bits per heavy atom. The fraction of sp³-hybridized carbons (Fsp3) is 0.455. The van der Waals surface area contributed by atoms with Crippen LogP contribution < -0.4 is 5.32 Å². The van der Waals surface area contributed by atoms with Crippen LogP contribution in [0.25, 0.3) is 5.65 Å². The fourth-order valence-corrected chi connectivity index (χ4v) is 2.61. The number of halogens is 1. The molecule has 2 aromatic rings. The fourth-order valence-electron chi connectivity index (χ4n) is 2.27. The first-order valence-electron chi connectivity index (χ1n) is 5.49. The van der Waals surface area contributed by atoms with Gasteiger partial charge in [0.1, 0.15) is 0 Å². The molecule has 0 spiro atoms. The number of rotatable bonds is 1. The Kier molecular flexibility index (Phi) is 2.44. The Hall–Kier alpha value is -0.940. The molecule has 0 radical (unpaired) electrons. The monoisotopic (exact) mass is 280 g/mol. The zero-order valence-electron chi connectivity index (χ0n) is 9.02. The largest absolute Gasteiger partial charge is 0.307 e. The number of hydrogen-bond acceptors (Lipinski definition) is 3. The van der Waals surface area contributed by atoms with Crippen LogP contribution in [0.5, 0.6) is 0 Å². The molecule has 2 aromatic heterocycles. The van der Waals surface area contributed by atoms with Gasteiger partial charge in [-0.05, 0) is 46.9 Å². The first-order valence-corrected chi connectivity index (χ1v) is 6.28. The molecule has 1 aliphatic heterocycles. The number of nitrogens with zero attached hydrogens (tertiary/aromatic N) is 3. The van der Waals surface area contributed by atoms with E-state index in [2.05, 4.69) is 42.8 Å². The average Bonchev–Trinajstić information content (AvgIpc) is 2.83. The number of aromatic nitrogens is 3. The molecule has 1 N–H and O–H groups in total. The van der Waals surface area contributed by atoms with Crippen molar-refractivity contribution in [3.8, 4) is 0 Å². The van der Waals surface area contributed by atoms with E-state index in [1.54, 1.807) is 0 Å². The highest BCUT2D eigenvalue weighted by Crippen LogP contribution is 2.28. The predicted octanol–water partition coefficient (Wildman–Crippen LogP) is 2.16. The van der Waals surface area contributed by atoms with Gasteiger partial charge in [-0.2, -0.15) is 0 Å². The Morgan fingerprint density at radius 1 is 1.44 bits per heavy atom. The molecule has 0 aliphatic carbocycles. The standard InChI is InChI=1S/C11H13BrN4/c1-7-4-5-13-10(7)11-15-14-9-3-2-8(12)6-16(9)11/h2-3,6-7,10,13H,4-5H2,1H3. The molecule has 0 amide bonds. The second-order valence-corrected chi connectivity index (χ2v) is 5.25. The topological polar surface area (TPSA) is 42.2 Å². The lowest BCUT2D eigenvalue weighted by Gasteiger charge is -2.13. The average molecular weight is 281 g/mol. The molecule has 0 bridgehead atoms. The van der Waals surface area contributed by atoms with Crippen LogP contribution in [0, 0.1) is 5.92 Å². The van der Waals surface area contributed by atoms with E-state index in [-0.39, 0.29) is 0 Å². The number of pyridine rings is 1. The summed E-state index contributed by atoms with van der Waals surface area (Å²) in [6.45, 7) is 3.32. The van der Waals surface area contributed by atoms with Crippen molar-refractivity contribution in [2.45, 2.75) is 19.4 Å². The highest BCUT2D eigenvalue weighted by Gasteiger charge is 2.28. The van der Waals surface area contributed by atoms with E-state index < -0.39 is 0 Å². The Labute approximate surface area is 102 Å². The Balaban J connectivity index is 2.12. The highest BCUT2D eigenvalue weighted by atomic mass is 79.9. The molecule has 4 nitrogen and oxygen atoms in total. The molecule has 0 saturated carbocycles. The zero-order valence-corrected chi connectivity index (χ0v) is 10.6. The van der Waals surface area contributed by atoms with Gasteiger partial charge in [0.05, 0.1) is 6.04 Å². The summed E-state index contributed by atoms with van der Waals surface area (Å²) in [5.74, 6) is 1.63. The van der Waals surface area contributed by atoms with Crippen LogP contribution in [0.4, 0.5) is 0 Å². The second-order valence-electron chi connectivity index (χ2n) is 4.33. The van der Waals surface area contributed by atoms with Crippen molar-refractivity contribution in [1.82, 2.24) is 19.9 Å². The third kappa shape index (κ3) is 1.55. The zero-order chi connectivity index (χ0) is 11.1. The van der Waals surface area contributed by atoms with E-state index >= 15 is 0 Å². The van der Waals surface area contributed by atoms with Crippen LogP contribution in [-0.4, -0.2) is 21.1 Å². The quantitative estimate of drug-likeness (QED) is 0.871. The van der Waals surface area contributed by atoms with Crippen LogP contribution in [0.3, 0.4) is 0 Å². The van der Waals surface area contributed by atoms with Crippen LogP contribution >= 0.6 is 15.9 Å². The lowest BCUT2D eigenvalue weighted by Crippen LogP contribution is -2.19. The molecule has 3 rings (SSSR count). The molecule has 2 atom stereocenters. The van der Waals surface area contributed by atoms with E-state index in [0.29, 0.717) is 12.0 Å². The van der Waals surface area contributed by atoms with E-state index in [0.717, 1.165) is 22.5 Å². The van der Waals surface area contributed by atoms with Gasteiger partial charge >= 0.3 is 0 Å². The van der Waals surface area contributed by atoms with E-state index in [1.807, 2.05) is 18.3 Å². The Bertz CT molecular complexity index is 522. The summed E-state index contributed by atoms with van der Waals surface area (Å²) in [6, 6.07) is 4.28. The van der Waals surface area contributed by atoms with Crippen LogP contribution in [-0.2, 0) is 0 Å². The second kappa shape index (κ2) is 3.82. The molecule has 2 unspecified atom stereocenters. The van der Waals surface area contributed by atoms with Crippen LogP contribution in [0.1, 0.15) is 25.2 Å². The van der Waals surface area contributed by atoms with Gasteiger partial charge in [-0.1, -0.05) is 6.92 Å². The molecule has 16 heavy (non-hydrogen) atoms. The first kappa shape index (κ1) is 10.2. The van der Waals surface area contributed by atoms with Crippen molar-refractivity contribution in [2.75, 3.05) is 6.54 Å². The minimum absolute atomic E-state index is 0.323. The van der Waals surface area contributed by atoms with Gasteiger partial charge in [-0.15, -0.1) is 10.2 Å². The number of fused-ring (bicyclic) bond motifs is 1. The summed E-state index contributed by atoms with van der Waals surface area (Å²) in [7, 11) is 0. The van der Waals surface area contributed by atoms with Crippen LogP contribution in [0.15, 0.2) is 22.8 Å². The summed E-state index contributed by atoms with van der Waals surface area (Å²) < 4.78 is 3.11. The maximum absolute atomic E-state index is 4.30. The summed E-state index contributed by atoms with van der Waals surface area (Å²) in [6.07, 6.45) is 3.23. The van der Waals surface area contributed by atoms with Gasteiger partial charge < -0.3 is 5.32 Å². The molecule has 0 aromatic carbocycles. The molecule has 1 aliphatic rings. The SMILES string of the molecule is CC1CCNC1c1nnc2ccc(Br)cn12. The van der Waals surface area contributed by atoms with Gasteiger partial charge in [-0.3, -0.25) is 4.40 Å². The molecule has 3 heterocycles. The van der Waals surface area contributed by atoms with Crippen molar-refractivity contribution >= 4 is 21.6 Å². The summed E-state index contributed by atoms with van der Waals surface area (Å²) >= 11 is 3.48. The van der Waals surface area contributed by atoms with E-state index in [1.165, 1.54) is 6.42 Å². The molecule has 5 heteroatoms. The number of nitrogens with one attached hydrogen (secondary N) is 1. The minimum Gasteiger partial charge on any atom is -0.307 e. The predicted molar refractivity (Wildman–Crippen MR) is 65.2 cm³/mol. The van der Waals surface area contributed by atoms with Crippen molar-refractivity contribution < 1.29 is 0 Å². The van der Waals surface area contributed by atoms with E-state index in [4.69, 9.17) is 0 Å². The summed E-state index contributed by atoms with van der Waals surface area (Å²) in [5.41, 5.74) is 0.902. The molecular formula is C11H13BrN4. The molecular weight excluding hydrogens is 268 g/mol. The lowest BCUT2D eigenvalue weighted by atomic mass is 10.0. The summed E-state index contributed by atoms with van der Waals surface area (Å²) in [4.78, 5) is 0. The van der Waals surface area contributed by atoms with Crippen molar-refractivity contribution in [2.24, 2.45) is 5.92 Å². The van der Waals surface area contributed by atoms with Crippen molar-refractivity contribution in [3.63, 3.8) is 0 Å². The van der Waals surface area contributed by atoms with Gasteiger partial charge in [-0.25, -0.2) is 0 Å². The number of hydrogen-bond donors (Lipinski definition) is 1. The summed E-state index contributed by atoms with van der Waals surface area (Å²) in [5, 5.41) is 12.0. The van der Waals surface area contributed by atoms with Gasteiger partial charge in [0.2, 0.25) is 0 Å². The highest BCUT2D eigenvalue weighted by molar-refractivity contribution is 9.10. The molecule has 1 saturated heterocycles. The first-order chi connectivity index (χ1) is 7.75. The molecule has 84 valence electrons.